The third kappa shape index (κ3) is 1.87. The van der Waals surface area contributed by atoms with Gasteiger partial charge in [-0.1, -0.05) is 13.8 Å². The first-order valence-electron chi connectivity index (χ1n) is 4.80. The quantitative estimate of drug-likeness (QED) is 0.682. The molecule has 1 aromatic heterocycles. The lowest BCUT2D eigenvalue weighted by Gasteiger charge is -1.84. The summed E-state index contributed by atoms with van der Waals surface area (Å²) in [6.07, 6.45) is 2.65. The summed E-state index contributed by atoms with van der Waals surface area (Å²) in [6.45, 7) is 8.13. The normalized spacial score (nSPS) is 15.3. The van der Waals surface area contributed by atoms with Crippen LogP contribution in [0.15, 0.2) is 0 Å². The van der Waals surface area contributed by atoms with Gasteiger partial charge in [0.05, 0.1) is 5.69 Å². The molecule has 2 nitrogen and oxygen atoms in total. The Hall–Kier alpha value is -0.790. The fourth-order valence-corrected chi connectivity index (χ4v) is 1.13. The first-order valence-corrected chi connectivity index (χ1v) is 4.80. The van der Waals surface area contributed by atoms with Gasteiger partial charge in [-0.25, -0.2) is 4.98 Å². The van der Waals surface area contributed by atoms with E-state index in [1.807, 2.05) is 13.8 Å². The molecular formula is C10H18N2. The second-order valence-electron chi connectivity index (χ2n) is 3.11. The summed E-state index contributed by atoms with van der Waals surface area (Å²) in [5.41, 5.74) is 2.38. The molecule has 0 saturated heterocycles. The van der Waals surface area contributed by atoms with Gasteiger partial charge in [-0.15, -0.1) is 0 Å². The fraction of sp³-hybridized carbons (Fsp3) is 0.700. The van der Waals surface area contributed by atoms with Crippen molar-refractivity contribution in [2.45, 2.75) is 46.5 Å². The van der Waals surface area contributed by atoms with Gasteiger partial charge in [0.15, 0.2) is 0 Å². The molecule has 1 aliphatic carbocycles. The van der Waals surface area contributed by atoms with E-state index in [0.717, 1.165) is 11.6 Å². The summed E-state index contributed by atoms with van der Waals surface area (Å²) in [4.78, 5) is 7.71. The highest BCUT2D eigenvalue weighted by Gasteiger charge is 2.26. The highest BCUT2D eigenvalue weighted by molar-refractivity contribution is 5.16. The summed E-state index contributed by atoms with van der Waals surface area (Å²) in [5.74, 6) is 1.96. The molecule has 0 unspecified atom stereocenters. The molecule has 1 aliphatic rings. The van der Waals surface area contributed by atoms with Crippen LogP contribution in [0.2, 0.25) is 0 Å². The van der Waals surface area contributed by atoms with E-state index >= 15 is 0 Å². The van der Waals surface area contributed by atoms with Crippen molar-refractivity contribution in [3.05, 3.63) is 17.2 Å². The number of aromatic amines is 1. The van der Waals surface area contributed by atoms with Gasteiger partial charge >= 0.3 is 0 Å². The van der Waals surface area contributed by atoms with E-state index in [9.17, 15) is 0 Å². The van der Waals surface area contributed by atoms with Crippen LogP contribution in [-0.2, 0) is 0 Å². The van der Waals surface area contributed by atoms with Gasteiger partial charge in [-0.3, -0.25) is 0 Å². The molecule has 1 heterocycles. The largest absolute Gasteiger partial charge is 0.346 e. The molecule has 2 rings (SSSR count). The van der Waals surface area contributed by atoms with Gasteiger partial charge in [-0.05, 0) is 26.7 Å². The smallest absolute Gasteiger partial charge is 0.109 e. The Kier molecular flexibility index (Phi) is 2.90. The van der Waals surface area contributed by atoms with Crippen LogP contribution in [0.5, 0.6) is 0 Å². The number of nitrogens with one attached hydrogen (secondary N) is 1. The van der Waals surface area contributed by atoms with Crippen molar-refractivity contribution >= 4 is 0 Å². The molecule has 0 atom stereocenters. The van der Waals surface area contributed by atoms with E-state index < -0.39 is 0 Å². The Bertz CT molecular complexity index is 227. The first-order chi connectivity index (χ1) is 5.77. The van der Waals surface area contributed by atoms with Crippen molar-refractivity contribution in [3.8, 4) is 0 Å². The van der Waals surface area contributed by atoms with Crippen molar-refractivity contribution in [2.75, 3.05) is 0 Å². The van der Waals surface area contributed by atoms with Gasteiger partial charge < -0.3 is 4.98 Å². The lowest BCUT2D eigenvalue weighted by atomic mass is 10.4. The van der Waals surface area contributed by atoms with E-state index in [-0.39, 0.29) is 0 Å². The molecule has 2 heteroatoms. The summed E-state index contributed by atoms with van der Waals surface area (Å²) >= 11 is 0. The number of H-pyrrole nitrogens is 1. The number of hydrogen-bond donors (Lipinski definition) is 1. The van der Waals surface area contributed by atoms with Crippen LogP contribution in [0.25, 0.3) is 0 Å². The summed E-state index contributed by atoms with van der Waals surface area (Å²) < 4.78 is 0. The van der Waals surface area contributed by atoms with Crippen LogP contribution in [0.1, 0.15) is 49.8 Å². The van der Waals surface area contributed by atoms with Crippen LogP contribution in [0.3, 0.4) is 0 Å². The molecule has 1 fully saturated rings. The average molecular weight is 166 g/mol. The molecule has 0 aromatic carbocycles. The molecular weight excluding hydrogens is 148 g/mol. The van der Waals surface area contributed by atoms with Crippen LogP contribution < -0.4 is 0 Å². The Morgan fingerprint density at radius 2 is 1.83 bits per heavy atom. The third-order valence-corrected chi connectivity index (χ3v) is 2.11. The van der Waals surface area contributed by atoms with Gasteiger partial charge in [0.2, 0.25) is 0 Å². The van der Waals surface area contributed by atoms with E-state index in [2.05, 4.69) is 23.8 Å². The van der Waals surface area contributed by atoms with Gasteiger partial charge in [0.1, 0.15) is 5.82 Å². The van der Waals surface area contributed by atoms with Crippen molar-refractivity contribution < 1.29 is 0 Å². The Balaban J connectivity index is 0.000000336. The molecule has 1 aromatic rings. The minimum atomic E-state index is 0.757. The second kappa shape index (κ2) is 3.74. The predicted molar refractivity (Wildman–Crippen MR) is 51.4 cm³/mol. The maximum absolute atomic E-state index is 4.42. The Morgan fingerprint density at radius 3 is 2.17 bits per heavy atom. The predicted octanol–water partition coefficient (Wildman–Crippen LogP) is 2.93. The molecule has 1 N–H and O–H groups in total. The van der Waals surface area contributed by atoms with E-state index in [0.29, 0.717) is 0 Å². The lowest BCUT2D eigenvalue weighted by Crippen LogP contribution is -1.80. The van der Waals surface area contributed by atoms with Crippen LogP contribution >= 0.6 is 0 Å². The molecule has 0 radical (unpaired) electrons. The maximum atomic E-state index is 4.42. The number of imidazole rings is 1. The number of aryl methyl sites for hydroxylation is 2. The summed E-state index contributed by atoms with van der Waals surface area (Å²) in [7, 11) is 0. The third-order valence-electron chi connectivity index (χ3n) is 2.11. The fourth-order valence-electron chi connectivity index (χ4n) is 1.13. The Labute approximate surface area is 74.4 Å². The highest BCUT2D eigenvalue weighted by Crippen LogP contribution is 2.38. The highest BCUT2D eigenvalue weighted by atomic mass is 14.9. The number of hydrogen-bond acceptors (Lipinski definition) is 1. The van der Waals surface area contributed by atoms with Crippen molar-refractivity contribution in [1.29, 1.82) is 0 Å². The maximum Gasteiger partial charge on any atom is 0.109 e. The Morgan fingerprint density at radius 1 is 1.25 bits per heavy atom. The number of nitrogens with zero attached hydrogens (tertiary/aromatic N) is 1. The zero-order valence-corrected chi connectivity index (χ0v) is 8.44. The summed E-state index contributed by atoms with van der Waals surface area (Å²) in [5, 5.41) is 0. The van der Waals surface area contributed by atoms with Crippen molar-refractivity contribution in [1.82, 2.24) is 9.97 Å². The van der Waals surface area contributed by atoms with Crippen LogP contribution in [0, 0.1) is 13.8 Å². The SMILES string of the molecule is CC.Cc1nc(C2CC2)[nH]c1C. The average Bonchev–Trinajstić information content (AvgIpc) is 2.85. The zero-order valence-electron chi connectivity index (χ0n) is 8.44. The second-order valence-corrected chi connectivity index (χ2v) is 3.11. The number of aromatic nitrogens is 2. The van der Waals surface area contributed by atoms with Crippen molar-refractivity contribution in [2.24, 2.45) is 0 Å². The van der Waals surface area contributed by atoms with Crippen LogP contribution in [0.4, 0.5) is 0 Å². The topological polar surface area (TPSA) is 28.7 Å². The summed E-state index contributed by atoms with van der Waals surface area (Å²) in [6, 6.07) is 0. The minimum absolute atomic E-state index is 0.757. The first kappa shape index (κ1) is 9.30. The van der Waals surface area contributed by atoms with Gasteiger partial charge in [-0.2, -0.15) is 0 Å². The number of rotatable bonds is 1. The van der Waals surface area contributed by atoms with Crippen LogP contribution in [-0.4, -0.2) is 9.97 Å². The van der Waals surface area contributed by atoms with Gasteiger partial charge in [0, 0.05) is 11.6 Å². The lowest BCUT2D eigenvalue weighted by molar-refractivity contribution is 0.964. The molecule has 12 heavy (non-hydrogen) atoms. The van der Waals surface area contributed by atoms with E-state index in [4.69, 9.17) is 0 Å². The molecule has 0 amide bonds. The monoisotopic (exact) mass is 166 g/mol. The molecule has 1 saturated carbocycles. The molecule has 0 aliphatic heterocycles. The van der Waals surface area contributed by atoms with Gasteiger partial charge in [0.25, 0.3) is 0 Å². The zero-order chi connectivity index (χ0) is 9.14. The molecule has 0 spiro atoms. The minimum Gasteiger partial charge on any atom is -0.346 e. The molecule has 0 bridgehead atoms. The molecule has 68 valence electrons. The standard InChI is InChI=1S/C8H12N2.C2H6/c1-5-6(2)10-8(9-5)7-3-4-7;1-2/h7H,3-4H2,1-2H3,(H,9,10);1-2H3. The van der Waals surface area contributed by atoms with E-state index in [1.165, 1.54) is 24.4 Å². The van der Waals surface area contributed by atoms with Crippen molar-refractivity contribution in [3.63, 3.8) is 0 Å². The van der Waals surface area contributed by atoms with E-state index in [1.54, 1.807) is 0 Å².